The monoisotopic (exact) mass is 376 g/mol. The van der Waals surface area contributed by atoms with E-state index in [0.29, 0.717) is 12.2 Å². The Balaban J connectivity index is 1.74. The summed E-state index contributed by atoms with van der Waals surface area (Å²) in [6.45, 7) is 2.74. The van der Waals surface area contributed by atoms with Crippen molar-refractivity contribution in [3.8, 4) is 0 Å². The van der Waals surface area contributed by atoms with Gasteiger partial charge < -0.3 is 9.47 Å². The number of hydrogen-bond donors (Lipinski definition) is 0. The molecule has 3 aromatic rings. The minimum absolute atomic E-state index is 0.0136. The van der Waals surface area contributed by atoms with Crippen LogP contribution in [0.5, 0.6) is 0 Å². The number of aryl methyl sites for hydroxylation is 1. The molecule has 0 bridgehead atoms. The summed E-state index contributed by atoms with van der Waals surface area (Å²) in [7, 11) is 1.72. The highest BCUT2D eigenvalue weighted by Crippen LogP contribution is 2.38. The molecule has 2 heterocycles. The fraction of sp³-hybridized carbons (Fsp3) is 0.238. The van der Waals surface area contributed by atoms with E-state index in [1.807, 2.05) is 17.0 Å². The second kappa shape index (κ2) is 6.92. The number of nitro groups is 1. The van der Waals surface area contributed by atoms with Gasteiger partial charge in [-0.15, -0.1) is 0 Å². The summed E-state index contributed by atoms with van der Waals surface area (Å²) < 4.78 is 1.60. The second-order valence-corrected chi connectivity index (χ2v) is 6.97. The molecule has 7 nitrogen and oxygen atoms in total. The van der Waals surface area contributed by atoms with Crippen molar-refractivity contribution in [1.29, 1.82) is 0 Å². The first kappa shape index (κ1) is 17.9. The molecule has 1 aliphatic rings. The second-order valence-electron chi connectivity index (χ2n) is 6.97. The van der Waals surface area contributed by atoms with E-state index in [1.165, 1.54) is 23.4 Å². The first-order valence-electron chi connectivity index (χ1n) is 9.12. The first-order chi connectivity index (χ1) is 13.5. The van der Waals surface area contributed by atoms with Gasteiger partial charge >= 0.3 is 0 Å². The van der Waals surface area contributed by atoms with Gasteiger partial charge in [0.05, 0.1) is 11.0 Å². The highest BCUT2D eigenvalue weighted by molar-refractivity contribution is 6.07. The Hall–Kier alpha value is -3.48. The molecule has 2 aromatic carbocycles. The topological polar surface area (TPSA) is 81.3 Å². The number of fused-ring (bicyclic) bond motifs is 1. The fourth-order valence-electron chi connectivity index (χ4n) is 3.87. The number of nitro benzene ring substituents is 1. The fourth-order valence-corrected chi connectivity index (χ4v) is 3.87. The number of carbonyl (C=O) groups excluding carboxylic acids is 1. The Morgan fingerprint density at radius 3 is 2.75 bits per heavy atom. The lowest BCUT2D eigenvalue weighted by Crippen LogP contribution is -2.34. The molecular weight excluding hydrogens is 356 g/mol. The molecule has 0 radical (unpaired) electrons. The molecule has 0 spiro atoms. The van der Waals surface area contributed by atoms with E-state index in [1.54, 1.807) is 29.9 Å². The predicted molar refractivity (Wildman–Crippen MR) is 106 cm³/mol. The quantitative estimate of drug-likeness (QED) is 0.394. The normalized spacial score (nSPS) is 15.9. The minimum atomic E-state index is -0.419. The van der Waals surface area contributed by atoms with Gasteiger partial charge in [0.25, 0.3) is 5.69 Å². The zero-order valence-electron chi connectivity index (χ0n) is 15.7. The van der Waals surface area contributed by atoms with Crippen LogP contribution in [0.4, 0.5) is 11.4 Å². The molecule has 142 valence electrons. The molecule has 0 N–H and O–H groups in total. The third-order valence-electron chi connectivity index (χ3n) is 5.36. The number of imidazole rings is 1. The number of hydrogen-bond acceptors (Lipinski definition) is 5. The Labute approximate surface area is 162 Å². The summed E-state index contributed by atoms with van der Waals surface area (Å²) in [5.41, 5.74) is 3.18. The molecule has 1 aliphatic heterocycles. The standard InChI is InChI=1S/C21H20N4O3/c1-14-17-6-4-3-5-15(17)9-11-24(14)18-8-7-16(13-19(18)25(27)28)20(26)21-22-10-12-23(21)2/h3-8,10,12-14H,9,11H2,1-2H3. The van der Waals surface area contributed by atoms with Crippen LogP contribution in [-0.2, 0) is 13.5 Å². The molecule has 28 heavy (non-hydrogen) atoms. The van der Waals surface area contributed by atoms with E-state index in [4.69, 9.17) is 0 Å². The van der Waals surface area contributed by atoms with Crippen molar-refractivity contribution in [1.82, 2.24) is 9.55 Å². The molecule has 0 aliphatic carbocycles. The van der Waals surface area contributed by atoms with Crippen molar-refractivity contribution < 1.29 is 9.72 Å². The maximum absolute atomic E-state index is 12.7. The summed E-state index contributed by atoms with van der Waals surface area (Å²) in [5.74, 6) is -0.0819. The molecule has 0 fully saturated rings. The van der Waals surface area contributed by atoms with Gasteiger partial charge in [-0.05, 0) is 36.6 Å². The third kappa shape index (κ3) is 2.94. The van der Waals surface area contributed by atoms with Crippen LogP contribution in [0.3, 0.4) is 0 Å². The van der Waals surface area contributed by atoms with Gasteiger partial charge in [0.2, 0.25) is 5.78 Å². The van der Waals surface area contributed by atoms with E-state index in [-0.39, 0.29) is 28.9 Å². The average molecular weight is 376 g/mol. The van der Waals surface area contributed by atoms with E-state index in [0.717, 1.165) is 6.42 Å². The van der Waals surface area contributed by atoms with Crippen molar-refractivity contribution in [2.45, 2.75) is 19.4 Å². The summed E-state index contributed by atoms with van der Waals surface area (Å²) in [5, 5.41) is 11.8. The van der Waals surface area contributed by atoms with Crippen molar-refractivity contribution >= 4 is 17.2 Å². The number of benzene rings is 2. The minimum Gasteiger partial charge on any atom is -0.359 e. The Morgan fingerprint density at radius 2 is 2.04 bits per heavy atom. The molecule has 1 aromatic heterocycles. The Morgan fingerprint density at radius 1 is 1.25 bits per heavy atom. The average Bonchev–Trinajstić information content (AvgIpc) is 3.13. The van der Waals surface area contributed by atoms with Crippen LogP contribution in [0.2, 0.25) is 0 Å². The number of anilines is 1. The first-order valence-corrected chi connectivity index (χ1v) is 9.12. The van der Waals surface area contributed by atoms with Gasteiger partial charge in [-0.3, -0.25) is 14.9 Å². The van der Waals surface area contributed by atoms with Crippen molar-refractivity contribution in [3.05, 3.63) is 87.5 Å². The number of nitrogens with zero attached hydrogens (tertiary/aromatic N) is 4. The van der Waals surface area contributed by atoms with Crippen LogP contribution < -0.4 is 4.90 Å². The van der Waals surface area contributed by atoms with Crippen molar-refractivity contribution in [2.75, 3.05) is 11.4 Å². The van der Waals surface area contributed by atoms with Gasteiger partial charge in [0.1, 0.15) is 5.69 Å². The predicted octanol–water partition coefficient (Wildman–Crippen LogP) is 3.68. The van der Waals surface area contributed by atoms with Crippen molar-refractivity contribution in [2.24, 2.45) is 7.05 Å². The maximum atomic E-state index is 12.7. The molecule has 4 rings (SSSR count). The number of aromatic nitrogens is 2. The lowest BCUT2D eigenvalue weighted by Gasteiger charge is -2.36. The molecule has 7 heteroatoms. The van der Waals surface area contributed by atoms with Gasteiger partial charge in [-0.1, -0.05) is 24.3 Å². The molecule has 0 amide bonds. The molecule has 0 saturated heterocycles. The Kier molecular flexibility index (Phi) is 4.43. The van der Waals surface area contributed by atoms with Gasteiger partial charge in [0, 0.05) is 37.6 Å². The SMILES string of the molecule is CC1c2ccccc2CCN1c1ccc(C(=O)c2nccn2C)cc1[N+](=O)[O-]. The van der Waals surface area contributed by atoms with Crippen LogP contribution in [-0.4, -0.2) is 26.8 Å². The third-order valence-corrected chi connectivity index (χ3v) is 5.36. The molecule has 1 unspecified atom stereocenters. The lowest BCUT2D eigenvalue weighted by atomic mass is 9.93. The van der Waals surface area contributed by atoms with Crippen LogP contribution in [0, 0.1) is 10.1 Å². The van der Waals surface area contributed by atoms with Crippen LogP contribution in [0.1, 0.15) is 40.3 Å². The highest BCUT2D eigenvalue weighted by atomic mass is 16.6. The molecule has 0 saturated carbocycles. The van der Waals surface area contributed by atoms with Crippen LogP contribution >= 0.6 is 0 Å². The maximum Gasteiger partial charge on any atom is 0.293 e. The van der Waals surface area contributed by atoms with Crippen LogP contribution in [0.15, 0.2) is 54.9 Å². The van der Waals surface area contributed by atoms with Gasteiger partial charge in [-0.2, -0.15) is 0 Å². The van der Waals surface area contributed by atoms with Crippen molar-refractivity contribution in [3.63, 3.8) is 0 Å². The van der Waals surface area contributed by atoms with Crippen LogP contribution in [0.25, 0.3) is 0 Å². The van der Waals surface area contributed by atoms with Gasteiger partial charge in [-0.25, -0.2) is 4.98 Å². The Bertz CT molecular complexity index is 1070. The molecular formula is C21H20N4O3. The highest BCUT2D eigenvalue weighted by Gasteiger charge is 2.29. The summed E-state index contributed by atoms with van der Waals surface area (Å²) in [6, 6.07) is 12.9. The number of rotatable bonds is 4. The van der Waals surface area contributed by atoms with E-state index in [2.05, 4.69) is 24.0 Å². The zero-order chi connectivity index (χ0) is 19.8. The number of carbonyl (C=O) groups is 1. The molecule has 1 atom stereocenters. The number of ketones is 1. The zero-order valence-corrected chi connectivity index (χ0v) is 15.7. The summed E-state index contributed by atoms with van der Waals surface area (Å²) >= 11 is 0. The summed E-state index contributed by atoms with van der Waals surface area (Å²) in [4.78, 5) is 30.2. The van der Waals surface area contributed by atoms with E-state index >= 15 is 0 Å². The largest absolute Gasteiger partial charge is 0.359 e. The smallest absolute Gasteiger partial charge is 0.293 e. The van der Waals surface area contributed by atoms with E-state index in [9.17, 15) is 14.9 Å². The lowest BCUT2D eigenvalue weighted by molar-refractivity contribution is -0.384. The van der Waals surface area contributed by atoms with E-state index < -0.39 is 4.92 Å². The van der Waals surface area contributed by atoms with Gasteiger partial charge in [0.15, 0.2) is 5.82 Å². The summed E-state index contributed by atoms with van der Waals surface area (Å²) in [6.07, 6.45) is 4.03.